The highest BCUT2D eigenvalue weighted by Crippen LogP contribution is 2.24. The molecule has 180 valence electrons. The molecule has 4 nitrogen and oxygen atoms in total. The number of methoxy groups -OCH3 is 1. The van der Waals surface area contributed by atoms with Crippen LogP contribution in [-0.2, 0) is 6.42 Å². The Labute approximate surface area is 205 Å². The molecule has 0 aliphatic carbocycles. The minimum absolute atomic E-state index is 0.772. The lowest BCUT2D eigenvalue weighted by atomic mass is 10.0. The number of ether oxygens (including phenoxy) is 1. The smallest absolute Gasteiger partial charge is 0.118 e. The molecule has 3 aromatic carbocycles. The van der Waals surface area contributed by atoms with Gasteiger partial charge in [-0.1, -0.05) is 67.9 Å². The molecule has 0 saturated heterocycles. The minimum atomic E-state index is 0.772. The van der Waals surface area contributed by atoms with Crippen molar-refractivity contribution in [3.63, 3.8) is 0 Å². The maximum atomic E-state index is 6.65. The number of anilines is 1. The van der Waals surface area contributed by atoms with Crippen molar-refractivity contribution in [1.29, 1.82) is 0 Å². The van der Waals surface area contributed by atoms with Crippen molar-refractivity contribution in [3.8, 4) is 16.9 Å². The Kier molecular flexibility index (Phi) is 9.60. The number of rotatable bonds is 12. The van der Waals surface area contributed by atoms with Gasteiger partial charge in [0.05, 0.1) is 7.11 Å². The standard InChI is InChI=1S/C30H39N3O/c1-5-33(6-2)21-7-8-29(31)30(32-27-17-9-23(3)10-18-27)22-24-11-13-25(14-12-24)26-15-19-28(34-4)20-16-26/h9-20,32H,5-8,21-22,31H2,1-4H3/b30-29-. The lowest BCUT2D eigenvalue weighted by Gasteiger charge is -2.19. The van der Waals surface area contributed by atoms with Crippen LogP contribution >= 0.6 is 0 Å². The van der Waals surface area contributed by atoms with E-state index in [1.165, 1.54) is 22.3 Å². The van der Waals surface area contributed by atoms with Gasteiger partial charge in [-0.25, -0.2) is 0 Å². The van der Waals surface area contributed by atoms with Gasteiger partial charge in [0.25, 0.3) is 0 Å². The van der Waals surface area contributed by atoms with Crippen molar-refractivity contribution >= 4 is 5.69 Å². The van der Waals surface area contributed by atoms with Crippen molar-refractivity contribution in [2.24, 2.45) is 5.73 Å². The topological polar surface area (TPSA) is 50.5 Å². The van der Waals surface area contributed by atoms with Crippen molar-refractivity contribution in [3.05, 3.63) is 95.3 Å². The van der Waals surface area contributed by atoms with Gasteiger partial charge < -0.3 is 20.7 Å². The molecular formula is C30H39N3O. The summed E-state index contributed by atoms with van der Waals surface area (Å²) >= 11 is 0. The fourth-order valence-corrected chi connectivity index (χ4v) is 4.04. The summed E-state index contributed by atoms with van der Waals surface area (Å²) in [5.74, 6) is 0.869. The van der Waals surface area contributed by atoms with Crippen LogP contribution in [-0.4, -0.2) is 31.6 Å². The highest BCUT2D eigenvalue weighted by atomic mass is 16.5. The van der Waals surface area contributed by atoms with Crippen LogP contribution in [0.2, 0.25) is 0 Å². The highest BCUT2D eigenvalue weighted by molar-refractivity contribution is 5.64. The van der Waals surface area contributed by atoms with E-state index in [2.05, 4.69) is 91.7 Å². The molecule has 3 N–H and O–H groups in total. The Morgan fingerprint density at radius 1 is 0.853 bits per heavy atom. The van der Waals surface area contributed by atoms with Gasteiger partial charge >= 0.3 is 0 Å². The first kappa shape index (κ1) is 25.4. The number of hydrogen-bond acceptors (Lipinski definition) is 4. The van der Waals surface area contributed by atoms with Crippen LogP contribution in [0.1, 0.15) is 37.8 Å². The van der Waals surface area contributed by atoms with Gasteiger partial charge in [-0.15, -0.1) is 0 Å². The molecule has 0 saturated carbocycles. The number of aryl methyl sites for hydroxylation is 1. The zero-order chi connectivity index (χ0) is 24.3. The van der Waals surface area contributed by atoms with Crippen LogP contribution < -0.4 is 15.8 Å². The number of nitrogens with zero attached hydrogens (tertiary/aromatic N) is 1. The van der Waals surface area contributed by atoms with E-state index >= 15 is 0 Å². The summed E-state index contributed by atoms with van der Waals surface area (Å²) in [6.45, 7) is 9.75. The third kappa shape index (κ3) is 7.39. The molecule has 0 bridgehead atoms. The maximum absolute atomic E-state index is 6.65. The second kappa shape index (κ2) is 12.9. The number of nitrogens with one attached hydrogen (secondary N) is 1. The molecule has 0 heterocycles. The summed E-state index contributed by atoms with van der Waals surface area (Å²) in [5, 5.41) is 3.61. The molecule has 0 unspecified atom stereocenters. The first-order valence-corrected chi connectivity index (χ1v) is 12.3. The van der Waals surface area contributed by atoms with E-state index in [-0.39, 0.29) is 0 Å². The molecule has 3 aromatic rings. The number of benzene rings is 3. The van der Waals surface area contributed by atoms with E-state index in [4.69, 9.17) is 10.5 Å². The van der Waals surface area contributed by atoms with Crippen LogP contribution in [0.15, 0.2) is 84.2 Å². The van der Waals surface area contributed by atoms with E-state index < -0.39 is 0 Å². The predicted molar refractivity (Wildman–Crippen MR) is 145 cm³/mol. The van der Waals surface area contributed by atoms with Gasteiger partial charge in [-0.05, 0) is 80.4 Å². The molecule has 0 fully saturated rings. The Balaban J connectivity index is 1.75. The van der Waals surface area contributed by atoms with E-state index in [0.717, 1.165) is 61.7 Å². The maximum Gasteiger partial charge on any atom is 0.118 e. The number of nitrogens with two attached hydrogens (primary N) is 1. The average Bonchev–Trinajstić information content (AvgIpc) is 2.88. The third-order valence-electron chi connectivity index (χ3n) is 6.31. The first-order chi connectivity index (χ1) is 16.5. The van der Waals surface area contributed by atoms with Gasteiger partial charge in [-0.2, -0.15) is 0 Å². The van der Waals surface area contributed by atoms with Crippen molar-refractivity contribution in [2.45, 2.75) is 40.0 Å². The molecule has 0 amide bonds. The molecule has 0 aliphatic heterocycles. The molecule has 0 radical (unpaired) electrons. The van der Waals surface area contributed by atoms with Gasteiger partial charge in [0.1, 0.15) is 5.75 Å². The lowest BCUT2D eigenvalue weighted by molar-refractivity contribution is 0.299. The van der Waals surface area contributed by atoms with Crippen LogP contribution in [0.5, 0.6) is 5.75 Å². The second-order valence-electron chi connectivity index (χ2n) is 8.73. The highest BCUT2D eigenvalue weighted by Gasteiger charge is 2.09. The summed E-state index contributed by atoms with van der Waals surface area (Å²) in [5.41, 5.74) is 14.6. The minimum Gasteiger partial charge on any atom is -0.497 e. The SMILES string of the molecule is CCN(CC)CCC/C(N)=C(\Cc1ccc(-c2ccc(OC)cc2)cc1)Nc1ccc(C)cc1. The Morgan fingerprint density at radius 3 is 2.00 bits per heavy atom. The number of allylic oxidation sites excluding steroid dienone is 2. The summed E-state index contributed by atoms with van der Waals surface area (Å²) in [7, 11) is 1.69. The molecular weight excluding hydrogens is 418 g/mol. The molecule has 34 heavy (non-hydrogen) atoms. The van der Waals surface area contributed by atoms with E-state index in [1.807, 2.05) is 12.1 Å². The molecule has 4 heteroatoms. The largest absolute Gasteiger partial charge is 0.497 e. The van der Waals surface area contributed by atoms with E-state index in [9.17, 15) is 0 Å². The fourth-order valence-electron chi connectivity index (χ4n) is 4.04. The van der Waals surface area contributed by atoms with Crippen LogP contribution in [0.25, 0.3) is 11.1 Å². The Bertz CT molecular complexity index is 1030. The van der Waals surface area contributed by atoms with E-state index in [1.54, 1.807) is 7.11 Å². The van der Waals surface area contributed by atoms with Gasteiger partial charge in [0.2, 0.25) is 0 Å². The van der Waals surface area contributed by atoms with Crippen LogP contribution in [0.4, 0.5) is 5.69 Å². The first-order valence-electron chi connectivity index (χ1n) is 12.3. The number of hydrogen-bond donors (Lipinski definition) is 2. The van der Waals surface area contributed by atoms with Crippen molar-refractivity contribution < 1.29 is 4.74 Å². The van der Waals surface area contributed by atoms with E-state index in [0.29, 0.717) is 0 Å². The molecule has 0 aromatic heterocycles. The molecule has 0 spiro atoms. The van der Waals surface area contributed by atoms with Gasteiger partial charge in [0, 0.05) is 23.5 Å². The monoisotopic (exact) mass is 457 g/mol. The van der Waals surface area contributed by atoms with Gasteiger partial charge in [-0.3, -0.25) is 0 Å². The fraction of sp³-hybridized carbons (Fsp3) is 0.333. The van der Waals surface area contributed by atoms with Crippen LogP contribution in [0, 0.1) is 6.92 Å². The van der Waals surface area contributed by atoms with Crippen LogP contribution in [0.3, 0.4) is 0 Å². The predicted octanol–water partition coefficient (Wildman–Crippen LogP) is 6.62. The zero-order valence-electron chi connectivity index (χ0n) is 21.1. The molecule has 0 atom stereocenters. The zero-order valence-corrected chi connectivity index (χ0v) is 21.1. The Hall–Kier alpha value is -3.24. The normalized spacial score (nSPS) is 11.9. The average molecular weight is 458 g/mol. The summed E-state index contributed by atoms with van der Waals surface area (Å²) < 4.78 is 5.27. The van der Waals surface area contributed by atoms with Crippen molar-refractivity contribution in [2.75, 3.05) is 32.1 Å². The quantitative estimate of drug-likeness (QED) is 0.321. The summed E-state index contributed by atoms with van der Waals surface area (Å²) in [6, 6.07) is 25.4. The Morgan fingerprint density at radius 2 is 1.44 bits per heavy atom. The van der Waals surface area contributed by atoms with Crippen molar-refractivity contribution in [1.82, 2.24) is 4.90 Å². The third-order valence-corrected chi connectivity index (χ3v) is 6.31. The molecule has 3 rings (SSSR count). The molecule has 0 aliphatic rings. The van der Waals surface area contributed by atoms with Gasteiger partial charge in [0.15, 0.2) is 0 Å². The lowest BCUT2D eigenvalue weighted by Crippen LogP contribution is -2.24. The summed E-state index contributed by atoms with van der Waals surface area (Å²) in [4.78, 5) is 2.44. The second-order valence-corrected chi connectivity index (χ2v) is 8.73. The summed E-state index contributed by atoms with van der Waals surface area (Å²) in [6.07, 6.45) is 2.71.